The quantitative estimate of drug-likeness (QED) is 0.790. The summed E-state index contributed by atoms with van der Waals surface area (Å²) in [6.07, 6.45) is 0.842. The fourth-order valence-electron chi connectivity index (χ4n) is 1.66. The molecule has 0 spiro atoms. The van der Waals surface area contributed by atoms with Crippen LogP contribution in [0.4, 0.5) is 5.69 Å². The van der Waals surface area contributed by atoms with E-state index in [4.69, 9.17) is 33.7 Å². The maximum absolute atomic E-state index is 12.1. The molecular formula is C14H20Cl2N2O2. The first-order valence-corrected chi connectivity index (χ1v) is 7.04. The van der Waals surface area contributed by atoms with Crippen LogP contribution >= 0.6 is 23.2 Å². The highest BCUT2D eigenvalue weighted by Gasteiger charge is 2.20. The molecule has 1 rings (SSSR count). The van der Waals surface area contributed by atoms with E-state index in [0.717, 1.165) is 6.42 Å². The summed E-state index contributed by atoms with van der Waals surface area (Å²) < 4.78 is 5.05. The van der Waals surface area contributed by atoms with Crippen LogP contribution in [0.2, 0.25) is 10.0 Å². The van der Waals surface area contributed by atoms with Gasteiger partial charge in [-0.3, -0.25) is 4.79 Å². The van der Waals surface area contributed by atoms with Crippen LogP contribution in [-0.2, 0) is 4.74 Å². The molecule has 0 unspecified atom stereocenters. The zero-order valence-corrected chi connectivity index (χ0v) is 13.4. The number of rotatable bonds is 6. The summed E-state index contributed by atoms with van der Waals surface area (Å²) >= 11 is 11.9. The summed E-state index contributed by atoms with van der Waals surface area (Å²) in [7, 11) is 1.66. The van der Waals surface area contributed by atoms with Crippen molar-refractivity contribution in [2.24, 2.45) is 5.41 Å². The lowest BCUT2D eigenvalue weighted by atomic mass is 9.89. The molecule has 0 bridgehead atoms. The Kier molecular flexibility index (Phi) is 6.11. The first kappa shape index (κ1) is 17.1. The van der Waals surface area contributed by atoms with Gasteiger partial charge in [-0.2, -0.15) is 0 Å². The summed E-state index contributed by atoms with van der Waals surface area (Å²) in [6.45, 7) is 5.27. The highest BCUT2D eigenvalue weighted by Crippen LogP contribution is 2.29. The van der Waals surface area contributed by atoms with Crippen molar-refractivity contribution in [1.82, 2.24) is 5.32 Å². The summed E-state index contributed by atoms with van der Waals surface area (Å²) in [4.78, 5) is 12.1. The molecule has 3 N–H and O–H groups in total. The largest absolute Gasteiger partial charge is 0.399 e. The van der Waals surface area contributed by atoms with Crippen LogP contribution in [0.1, 0.15) is 30.6 Å². The van der Waals surface area contributed by atoms with Crippen LogP contribution in [0.15, 0.2) is 12.1 Å². The third-order valence-electron chi connectivity index (χ3n) is 3.01. The van der Waals surface area contributed by atoms with E-state index < -0.39 is 0 Å². The van der Waals surface area contributed by atoms with Gasteiger partial charge in [0, 0.05) is 25.9 Å². The Morgan fingerprint density at radius 1 is 1.40 bits per heavy atom. The van der Waals surface area contributed by atoms with Gasteiger partial charge < -0.3 is 15.8 Å². The Morgan fingerprint density at radius 2 is 2.05 bits per heavy atom. The molecule has 0 aliphatic heterocycles. The number of ether oxygens (including phenoxy) is 1. The maximum Gasteiger partial charge on any atom is 0.252 e. The number of carbonyl (C=O) groups is 1. The van der Waals surface area contributed by atoms with Crippen molar-refractivity contribution in [3.05, 3.63) is 27.7 Å². The van der Waals surface area contributed by atoms with E-state index in [-0.39, 0.29) is 21.4 Å². The molecule has 20 heavy (non-hydrogen) atoms. The third kappa shape index (κ3) is 4.85. The third-order valence-corrected chi connectivity index (χ3v) is 3.81. The normalized spacial score (nSPS) is 11.4. The lowest BCUT2D eigenvalue weighted by molar-refractivity contribution is 0.0921. The number of hydrogen-bond donors (Lipinski definition) is 2. The minimum Gasteiger partial charge on any atom is -0.399 e. The smallest absolute Gasteiger partial charge is 0.252 e. The molecule has 0 aliphatic rings. The van der Waals surface area contributed by atoms with E-state index in [1.807, 2.05) is 0 Å². The average molecular weight is 319 g/mol. The molecule has 0 fully saturated rings. The van der Waals surface area contributed by atoms with Gasteiger partial charge in [0.15, 0.2) is 0 Å². The first-order chi connectivity index (χ1) is 9.26. The molecule has 1 aromatic carbocycles. The Hall–Kier alpha value is -0.970. The second kappa shape index (κ2) is 7.16. The number of anilines is 1. The van der Waals surface area contributed by atoms with Gasteiger partial charge in [-0.15, -0.1) is 0 Å². The number of carbonyl (C=O) groups excluding carboxylic acids is 1. The highest BCUT2D eigenvalue weighted by molar-refractivity contribution is 6.44. The summed E-state index contributed by atoms with van der Waals surface area (Å²) in [5, 5.41) is 3.34. The lowest BCUT2D eigenvalue weighted by Gasteiger charge is -2.24. The van der Waals surface area contributed by atoms with Crippen LogP contribution in [-0.4, -0.2) is 26.2 Å². The minimum absolute atomic E-state index is 0.0672. The maximum atomic E-state index is 12.1. The van der Waals surface area contributed by atoms with Crippen LogP contribution in [0, 0.1) is 5.41 Å². The van der Waals surface area contributed by atoms with Gasteiger partial charge in [-0.25, -0.2) is 0 Å². The molecule has 0 atom stereocenters. The zero-order valence-electron chi connectivity index (χ0n) is 11.9. The van der Waals surface area contributed by atoms with Gasteiger partial charge >= 0.3 is 0 Å². The SMILES string of the molecule is COCCC(C)(C)CNC(=O)c1cc(N)cc(Cl)c1Cl. The fraction of sp³-hybridized carbons (Fsp3) is 0.500. The summed E-state index contributed by atoms with van der Waals surface area (Å²) in [5.74, 6) is -0.283. The Labute approximate surface area is 129 Å². The second-order valence-electron chi connectivity index (χ2n) is 5.45. The lowest BCUT2D eigenvalue weighted by Crippen LogP contribution is -2.34. The van der Waals surface area contributed by atoms with E-state index in [0.29, 0.717) is 24.4 Å². The number of halogens is 2. The van der Waals surface area contributed by atoms with E-state index in [1.54, 1.807) is 7.11 Å². The molecule has 0 saturated heterocycles. The molecule has 0 aromatic heterocycles. The van der Waals surface area contributed by atoms with Crippen molar-refractivity contribution in [3.8, 4) is 0 Å². The van der Waals surface area contributed by atoms with Gasteiger partial charge in [-0.05, 0) is 24.0 Å². The van der Waals surface area contributed by atoms with E-state index in [9.17, 15) is 4.79 Å². The fourth-order valence-corrected chi connectivity index (χ4v) is 2.08. The average Bonchev–Trinajstić information content (AvgIpc) is 2.38. The molecule has 6 heteroatoms. The molecule has 1 amide bonds. The first-order valence-electron chi connectivity index (χ1n) is 6.28. The van der Waals surface area contributed by atoms with Crippen LogP contribution in [0.3, 0.4) is 0 Å². The van der Waals surface area contributed by atoms with Gasteiger partial charge in [0.25, 0.3) is 5.91 Å². The predicted molar refractivity (Wildman–Crippen MR) is 83.5 cm³/mol. The second-order valence-corrected chi connectivity index (χ2v) is 6.24. The number of nitrogen functional groups attached to an aromatic ring is 1. The number of amides is 1. The number of nitrogens with two attached hydrogens (primary N) is 1. The van der Waals surface area contributed by atoms with Crippen molar-refractivity contribution >= 4 is 34.8 Å². The molecule has 0 saturated carbocycles. The number of hydrogen-bond acceptors (Lipinski definition) is 3. The van der Waals surface area contributed by atoms with Crippen LogP contribution in [0.5, 0.6) is 0 Å². The molecule has 0 radical (unpaired) electrons. The minimum atomic E-state index is -0.283. The number of nitrogens with one attached hydrogen (secondary N) is 1. The Morgan fingerprint density at radius 3 is 2.65 bits per heavy atom. The molecule has 1 aromatic rings. The number of benzene rings is 1. The Bertz CT molecular complexity index is 490. The van der Waals surface area contributed by atoms with Gasteiger partial charge in [0.05, 0.1) is 15.6 Å². The molecule has 0 heterocycles. The van der Waals surface area contributed by atoms with Crippen molar-refractivity contribution in [2.45, 2.75) is 20.3 Å². The molecular weight excluding hydrogens is 299 g/mol. The van der Waals surface area contributed by atoms with Crippen molar-refractivity contribution < 1.29 is 9.53 Å². The summed E-state index contributed by atoms with van der Waals surface area (Å²) in [5.41, 5.74) is 6.30. The van der Waals surface area contributed by atoms with E-state index >= 15 is 0 Å². The van der Waals surface area contributed by atoms with E-state index in [2.05, 4.69) is 19.2 Å². The van der Waals surface area contributed by atoms with Crippen molar-refractivity contribution in [3.63, 3.8) is 0 Å². The van der Waals surface area contributed by atoms with Gasteiger partial charge in [0.1, 0.15) is 0 Å². The topological polar surface area (TPSA) is 64.3 Å². The molecule has 4 nitrogen and oxygen atoms in total. The summed E-state index contributed by atoms with van der Waals surface area (Å²) in [6, 6.07) is 3.04. The standard InChI is InChI=1S/C14H20Cl2N2O2/c1-14(2,4-5-20-3)8-18-13(19)10-6-9(17)7-11(15)12(10)16/h6-7H,4-5,8,17H2,1-3H3,(H,18,19). The predicted octanol–water partition coefficient (Wildman–Crippen LogP) is 3.37. The van der Waals surface area contributed by atoms with Crippen molar-refractivity contribution in [2.75, 3.05) is 26.0 Å². The van der Waals surface area contributed by atoms with Gasteiger partial charge in [0.2, 0.25) is 0 Å². The Balaban J connectivity index is 2.73. The van der Waals surface area contributed by atoms with Crippen LogP contribution in [0.25, 0.3) is 0 Å². The van der Waals surface area contributed by atoms with Crippen molar-refractivity contribution in [1.29, 1.82) is 0 Å². The number of methoxy groups -OCH3 is 1. The monoisotopic (exact) mass is 318 g/mol. The van der Waals surface area contributed by atoms with E-state index in [1.165, 1.54) is 12.1 Å². The highest BCUT2D eigenvalue weighted by atomic mass is 35.5. The molecule has 0 aliphatic carbocycles. The van der Waals surface area contributed by atoms with Crippen LogP contribution < -0.4 is 11.1 Å². The molecule has 112 valence electrons. The van der Waals surface area contributed by atoms with Gasteiger partial charge in [-0.1, -0.05) is 37.0 Å². The zero-order chi connectivity index (χ0) is 15.3.